The van der Waals surface area contributed by atoms with Gasteiger partial charge in [0.2, 0.25) is 0 Å². The Bertz CT molecular complexity index is 396. The summed E-state index contributed by atoms with van der Waals surface area (Å²) in [5.74, 6) is -0.914. The highest BCUT2D eigenvalue weighted by molar-refractivity contribution is 6.33. The summed E-state index contributed by atoms with van der Waals surface area (Å²) in [5.41, 5.74) is -0.699. The fraction of sp³-hybridized carbons (Fsp3) is 0.333. The van der Waals surface area contributed by atoms with Crippen LogP contribution in [0.15, 0.2) is 6.07 Å². The molecule has 0 bridgehead atoms. The molecule has 0 amide bonds. The Morgan fingerprint density at radius 1 is 1.60 bits per heavy atom. The maximum atomic E-state index is 12.6. The third kappa shape index (κ3) is 2.41. The van der Waals surface area contributed by atoms with Crippen molar-refractivity contribution in [2.24, 2.45) is 0 Å². The number of methoxy groups -OCH3 is 1. The van der Waals surface area contributed by atoms with E-state index in [4.69, 9.17) is 11.6 Å². The number of alkyl halides is 2. The van der Waals surface area contributed by atoms with Crippen LogP contribution in [0.2, 0.25) is 5.02 Å². The van der Waals surface area contributed by atoms with Gasteiger partial charge in [-0.2, -0.15) is 0 Å². The molecular weight excluding hydrogens is 228 g/mol. The molecule has 0 spiro atoms. The fourth-order valence-corrected chi connectivity index (χ4v) is 1.45. The highest BCUT2D eigenvalue weighted by atomic mass is 35.5. The standard InChI is InChI=1S/C9H8ClF2NO2/c1-4-3-5(10)6(9(14)15-2)7(13-4)8(11)12/h3,8H,1-2H3. The average molecular weight is 236 g/mol. The van der Waals surface area contributed by atoms with Crippen molar-refractivity contribution < 1.29 is 18.3 Å². The number of ether oxygens (including phenoxy) is 1. The summed E-state index contributed by atoms with van der Waals surface area (Å²) >= 11 is 5.68. The summed E-state index contributed by atoms with van der Waals surface area (Å²) in [5, 5.41) is -0.0790. The van der Waals surface area contributed by atoms with Gasteiger partial charge in [0.05, 0.1) is 12.1 Å². The van der Waals surface area contributed by atoms with Crippen molar-refractivity contribution in [3.05, 3.63) is 28.0 Å². The topological polar surface area (TPSA) is 39.2 Å². The van der Waals surface area contributed by atoms with Gasteiger partial charge >= 0.3 is 5.97 Å². The van der Waals surface area contributed by atoms with Crippen LogP contribution in [0, 0.1) is 6.92 Å². The Kier molecular flexibility index (Phi) is 3.57. The smallest absolute Gasteiger partial charge is 0.341 e. The van der Waals surface area contributed by atoms with Crippen LogP contribution in [-0.2, 0) is 4.74 Å². The van der Waals surface area contributed by atoms with Gasteiger partial charge in [-0.15, -0.1) is 0 Å². The number of hydrogen-bond acceptors (Lipinski definition) is 3. The summed E-state index contributed by atoms with van der Waals surface area (Å²) < 4.78 is 29.5. The van der Waals surface area contributed by atoms with Crippen molar-refractivity contribution in [1.29, 1.82) is 0 Å². The van der Waals surface area contributed by atoms with Crippen LogP contribution in [0.1, 0.15) is 28.2 Å². The molecule has 0 unspecified atom stereocenters. The van der Waals surface area contributed by atoms with Crippen molar-refractivity contribution in [3.63, 3.8) is 0 Å². The van der Waals surface area contributed by atoms with E-state index in [1.807, 2.05) is 0 Å². The van der Waals surface area contributed by atoms with Gasteiger partial charge in [0.15, 0.2) is 0 Å². The lowest BCUT2D eigenvalue weighted by atomic mass is 10.1. The number of halogens is 3. The highest BCUT2D eigenvalue weighted by Gasteiger charge is 2.24. The molecule has 0 radical (unpaired) electrons. The first kappa shape index (κ1) is 11.8. The summed E-state index contributed by atoms with van der Waals surface area (Å²) in [4.78, 5) is 14.8. The normalized spacial score (nSPS) is 10.5. The van der Waals surface area contributed by atoms with E-state index >= 15 is 0 Å². The van der Waals surface area contributed by atoms with Crippen LogP contribution in [0.25, 0.3) is 0 Å². The number of esters is 1. The largest absolute Gasteiger partial charge is 0.465 e. The third-order valence-corrected chi connectivity index (χ3v) is 2.02. The Labute approximate surface area is 90.0 Å². The van der Waals surface area contributed by atoms with Crippen LogP contribution >= 0.6 is 11.6 Å². The summed E-state index contributed by atoms with van der Waals surface area (Å²) in [6.45, 7) is 1.51. The molecular formula is C9H8ClF2NO2. The van der Waals surface area contributed by atoms with E-state index in [9.17, 15) is 13.6 Å². The van der Waals surface area contributed by atoms with Gasteiger partial charge in [-0.1, -0.05) is 11.6 Å². The molecule has 0 saturated carbocycles. The average Bonchev–Trinajstić information content (AvgIpc) is 2.15. The highest BCUT2D eigenvalue weighted by Crippen LogP contribution is 2.27. The number of aryl methyl sites for hydroxylation is 1. The molecule has 0 atom stereocenters. The Hall–Kier alpha value is -1.23. The number of aromatic nitrogens is 1. The van der Waals surface area contributed by atoms with Gasteiger partial charge in [0.1, 0.15) is 11.3 Å². The number of carbonyl (C=O) groups is 1. The summed E-state index contributed by atoms with van der Waals surface area (Å²) in [6.07, 6.45) is -2.86. The molecule has 1 rings (SSSR count). The molecule has 1 aromatic heterocycles. The second-order valence-electron chi connectivity index (χ2n) is 2.80. The number of rotatable bonds is 2. The zero-order valence-corrected chi connectivity index (χ0v) is 8.81. The van der Waals surface area contributed by atoms with Crippen molar-refractivity contribution in [1.82, 2.24) is 4.98 Å². The molecule has 0 aliphatic heterocycles. The molecule has 15 heavy (non-hydrogen) atoms. The van der Waals surface area contributed by atoms with Gasteiger partial charge < -0.3 is 4.74 Å². The van der Waals surface area contributed by atoms with Crippen LogP contribution < -0.4 is 0 Å². The molecule has 0 aliphatic rings. The van der Waals surface area contributed by atoms with E-state index in [-0.39, 0.29) is 10.6 Å². The van der Waals surface area contributed by atoms with Crippen molar-refractivity contribution in [2.75, 3.05) is 7.11 Å². The lowest BCUT2D eigenvalue weighted by molar-refractivity contribution is 0.0587. The van der Waals surface area contributed by atoms with E-state index in [2.05, 4.69) is 9.72 Å². The van der Waals surface area contributed by atoms with Gasteiger partial charge in [0, 0.05) is 5.69 Å². The van der Waals surface area contributed by atoms with Crippen LogP contribution in [-0.4, -0.2) is 18.1 Å². The molecule has 0 saturated heterocycles. The number of nitrogens with zero attached hydrogens (tertiary/aromatic N) is 1. The maximum Gasteiger partial charge on any atom is 0.341 e. The van der Waals surface area contributed by atoms with Crippen molar-refractivity contribution in [2.45, 2.75) is 13.3 Å². The van der Waals surface area contributed by atoms with E-state index in [1.165, 1.54) is 13.0 Å². The van der Waals surface area contributed by atoms with E-state index in [1.54, 1.807) is 0 Å². The molecule has 1 aromatic rings. The lowest BCUT2D eigenvalue weighted by Crippen LogP contribution is -2.10. The molecule has 1 heterocycles. The summed E-state index contributed by atoms with van der Waals surface area (Å²) in [6, 6.07) is 1.33. The SMILES string of the molecule is COC(=O)c1c(Cl)cc(C)nc1C(F)F. The first-order valence-electron chi connectivity index (χ1n) is 4.01. The van der Waals surface area contributed by atoms with Gasteiger partial charge in [-0.3, -0.25) is 4.98 Å². The van der Waals surface area contributed by atoms with Crippen molar-refractivity contribution in [3.8, 4) is 0 Å². The molecule has 6 heteroatoms. The van der Waals surface area contributed by atoms with E-state index in [0.29, 0.717) is 5.69 Å². The Morgan fingerprint density at radius 2 is 2.20 bits per heavy atom. The predicted octanol–water partition coefficient (Wildman–Crippen LogP) is 2.77. The predicted molar refractivity (Wildman–Crippen MR) is 50.3 cm³/mol. The lowest BCUT2D eigenvalue weighted by Gasteiger charge is -2.09. The first-order valence-corrected chi connectivity index (χ1v) is 4.38. The zero-order valence-electron chi connectivity index (χ0n) is 8.05. The fourth-order valence-electron chi connectivity index (χ4n) is 1.12. The molecule has 3 nitrogen and oxygen atoms in total. The maximum absolute atomic E-state index is 12.6. The molecule has 0 aromatic carbocycles. The Balaban J connectivity index is 3.40. The minimum absolute atomic E-state index is 0.0790. The van der Waals surface area contributed by atoms with Crippen LogP contribution in [0.3, 0.4) is 0 Å². The number of hydrogen-bond donors (Lipinski definition) is 0. The van der Waals surface area contributed by atoms with E-state index in [0.717, 1.165) is 7.11 Å². The monoisotopic (exact) mass is 235 g/mol. The first-order chi connectivity index (χ1) is 6.97. The third-order valence-electron chi connectivity index (χ3n) is 1.72. The minimum atomic E-state index is -2.86. The van der Waals surface area contributed by atoms with Gasteiger partial charge in [0.25, 0.3) is 6.43 Å². The second-order valence-corrected chi connectivity index (χ2v) is 3.21. The van der Waals surface area contributed by atoms with Crippen molar-refractivity contribution >= 4 is 17.6 Å². The number of carbonyl (C=O) groups excluding carboxylic acids is 1. The quantitative estimate of drug-likeness (QED) is 0.740. The van der Waals surface area contributed by atoms with Crippen LogP contribution in [0.4, 0.5) is 8.78 Å². The molecule has 0 aliphatic carbocycles. The van der Waals surface area contributed by atoms with Gasteiger partial charge in [-0.05, 0) is 13.0 Å². The van der Waals surface area contributed by atoms with Gasteiger partial charge in [-0.25, -0.2) is 13.6 Å². The van der Waals surface area contributed by atoms with E-state index < -0.39 is 18.1 Å². The number of pyridine rings is 1. The molecule has 0 N–H and O–H groups in total. The van der Waals surface area contributed by atoms with Crippen LogP contribution in [0.5, 0.6) is 0 Å². The Morgan fingerprint density at radius 3 is 2.67 bits per heavy atom. The summed E-state index contributed by atoms with van der Waals surface area (Å²) in [7, 11) is 1.09. The minimum Gasteiger partial charge on any atom is -0.465 e. The molecule has 82 valence electrons. The zero-order chi connectivity index (χ0) is 11.6. The molecule has 0 fully saturated rings. The second kappa shape index (κ2) is 4.53.